The molecule has 1 aliphatic heterocycles. The average molecular weight is 283 g/mol. The highest BCUT2D eigenvalue weighted by Crippen LogP contribution is 2.48. The number of hydrogen-bond acceptors (Lipinski definition) is 3. The lowest BCUT2D eigenvalue weighted by Crippen LogP contribution is -2.58. The van der Waals surface area contributed by atoms with Gasteiger partial charge in [-0.2, -0.15) is 0 Å². The summed E-state index contributed by atoms with van der Waals surface area (Å²) in [4.78, 5) is 0. The van der Waals surface area contributed by atoms with Gasteiger partial charge in [0, 0.05) is 18.6 Å². The van der Waals surface area contributed by atoms with Crippen molar-refractivity contribution < 1.29 is 9.47 Å². The van der Waals surface area contributed by atoms with Crippen molar-refractivity contribution in [2.75, 3.05) is 6.61 Å². The average Bonchev–Trinajstić information content (AvgIpc) is 2.58. The highest BCUT2D eigenvalue weighted by atomic mass is 16.5. The van der Waals surface area contributed by atoms with Crippen LogP contribution in [0.2, 0.25) is 0 Å². The molecule has 1 heterocycles. The molecule has 118 valence electrons. The molecule has 0 bridgehead atoms. The van der Waals surface area contributed by atoms with E-state index in [4.69, 9.17) is 15.2 Å². The predicted octanol–water partition coefficient (Wildman–Crippen LogP) is 3.65. The Labute approximate surface area is 124 Å². The third-order valence-electron chi connectivity index (χ3n) is 5.32. The van der Waals surface area contributed by atoms with Crippen molar-refractivity contribution in [3.63, 3.8) is 0 Å². The minimum atomic E-state index is -0.162. The fourth-order valence-electron chi connectivity index (χ4n) is 4.54. The molecule has 0 aromatic heterocycles. The zero-order chi connectivity index (χ0) is 15.0. The Morgan fingerprint density at radius 2 is 1.75 bits per heavy atom. The fourth-order valence-corrected chi connectivity index (χ4v) is 4.54. The first-order valence-corrected chi connectivity index (χ1v) is 8.32. The molecule has 1 saturated heterocycles. The van der Waals surface area contributed by atoms with Crippen LogP contribution in [-0.4, -0.2) is 29.5 Å². The van der Waals surface area contributed by atoms with Gasteiger partial charge in [0.1, 0.15) is 0 Å². The molecule has 1 aliphatic carbocycles. The van der Waals surface area contributed by atoms with Crippen LogP contribution in [0.25, 0.3) is 0 Å². The van der Waals surface area contributed by atoms with Crippen molar-refractivity contribution in [2.24, 2.45) is 11.7 Å². The molecule has 2 atom stereocenters. The van der Waals surface area contributed by atoms with Gasteiger partial charge in [0.15, 0.2) is 0 Å². The van der Waals surface area contributed by atoms with Crippen LogP contribution in [0.1, 0.15) is 73.1 Å². The van der Waals surface area contributed by atoms with Crippen LogP contribution in [0.15, 0.2) is 0 Å². The Kier molecular flexibility index (Phi) is 4.54. The van der Waals surface area contributed by atoms with E-state index in [0.29, 0.717) is 5.92 Å². The Morgan fingerprint density at radius 3 is 2.20 bits per heavy atom. The molecule has 0 amide bonds. The molecular weight excluding hydrogens is 250 g/mol. The maximum absolute atomic E-state index is 6.77. The summed E-state index contributed by atoms with van der Waals surface area (Å²) in [7, 11) is 0. The Morgan fingerprint density at radius 1 is 1.15 bits per heavy atom. The van der Waals surface area contributed by atoms with E-state index in [1.807, 2.05) is 0 Å². The standard InChI is InChI=1S/C17H33NO2/c1-6-19-17(10-8-7-9-11-17)14(18)13-12-15(2,3)20-16(13,4)5/h13-14H,6-12,18H2,1-5H3. The predicted molar refractivity (Wildman–Crippen MR) is 82.8 cm³/mol. The Hall–Kier alpha value is -0.120. The summed E-state index contributed by atoms with van der Waals surface area (Å²) in [5, 5.41) is 0. The molecule has 2 N–H and O–H groups in total. The van der Waals surface area contributed by atoms with Crippen molar-refractivity contribution in [3.05, 3.63) is 0 Å². The third kappa shape index (κ3) is 3.05. The molecule has 1 saturated carbocycles. The molecule has 20 heavy (non-hydrogen) atoms. The van der Waals surface area contributed by atoms with Gasteiger partial charge < -0.3 is 15.2 Å². The van der Waals surface area contributed by atoms with E-state index in [1.165, 1.54) is 19.3 Å². The molecule has 0 aromatic carbocycles. The quantitative estimate of drug-likeness (QED) is 0.856. The monoisotopic (exact) mass is 283 g/mol. The van der Waals surface area contributed by atoms with Gasteiger partial charge in [-0.3, -0.25) is 0 Å². The minimum Gasteiger partial charge on any atom is -0.374 e. The van der Waals surface area contributed by atoms with Gasteiger partial charge in [0.2, 0.25) is 0 Å². The van der Waals surface area contributed by atoms with Crippen LogP contribution in [0.5, 0.6) is 0 Å². The van der Waals surface area contributed by atoms with Gasteiger partial charge in [-0.1, -0.05) is 19.3 Å². The summed E-state index contributed by atoms with van der Waals surface area (Å²) in [6.45, 7) is 11.6. The van der Waals surface area contributed by atoms with E-state index in [-0.39, 0.29) is 22.8 Å². The third-order valence-corrected chi connectivity index (χ3v) is 5.32. The number of rotatable bonds is 4. The topological polar surface area (TPSA) is 44.5 Å². The summed E-state index contributed by atoms with van der Waals surface area (Å²) in [6, 6.07) is 0.0690. The van der Waals surface area contributed by atoms with Crippen LogP contribution in [0.3, 0.4) is 0 Å². The smallest absolute Gasteiger partial charge is 0.0836 e. The molecular formula is C17H33NO2. The van der Waals surface area contributed by atoms with Crippen LogP contribution < -0.4 is 5.73 Å². The summed E-state index contributed by atoms with van der Waals surface area (Å²) >= 11 is 0. The molecule has 2 fully saturated rings. The van der Waals surface area contributed by atoms with E-state index in [0.717, 1.165) is 25.9 Å². The van der Waals surface area contributed by atoms with E-state index in [1.54, 1.807) is 0 Å². The van der Waals surface area contributed by atoms with Crippen molar-refractivity contribution in [3.8, 4) is 0 Å². The van der Waals surface area contributed by atoms with E-state index in [2.05, 4.69) is 34.6 Å². The summed E-state index contributed by atoms with van der Waals surface area (Å²) in [6.07, 6.45) is 7.04. The highest BCUT2D eigenvalue weighted by molar-refractivity contribution is 5.06. The number of ether oxygens (including phenoxy) is 2. The normalized spacial score (nSPS) is 33.0. The second kappa shape index (κ2) is 5.58. The van der Waals surface area contributed by atoms with E-state index in [9.17, 15) is 0 Å². The molecule has 3 nitrogen and oxygen atoms in total. The van der Waals surface area contributed by atoms with E-state index < -0.39 is 0 Å². The maximum atomic E-state index is 6.77. The fraction of sp³-hybridized carbons (Fsp3) is 1.00. The lowest BCUT2D eigenvalue weighted by Gasteiger charge is -2.46. The van der Waals surface area contributed by atoms with Gasteiger partial charge in [-0.15, -0.1) is 0 Å². The lowest BCUT2D eigenvalue weighted by molar-refractivity contribution is -0.118. The second-order valence-electron chi connectivity index (χ2n) is 7.86. The molecule has 2 aliphatic rings. The van der Waals surface area contributed by atoms with Crippen molar-refractivity contribution >= 4 is 0 Å². The number of hydrogen-bond donors (Lipinski definition) is 1. The molecule has 0 spiro atoms. The zero-order valence-electron chi connectivity index (χ0n) is 14.0. The molecule has 2 unspecified atom stereocenters. The van der Waals surface area contributed by atoms with Crippen LogP contribution in [-0.2, 0) is 9.47 Å². The summed E-state index contributed by atoms with van der Waals surface area (Å²) < 4.78 is 12.5. The van der Waals surface area contributed by atoms with Gasteiger partial charge in [0.05, 0.1) is 16.8 Å². The van der Waals surface area contributed by atoms with Crippen LogP contribution in [0.4, 0.5) is 0 Å². The van der Waals surface area contributed by atoms with E-state index >= 15 is 0 Å². The van der Waals surface area contributed by atoms with Crippen LogP contribution in [0, 0.1) is 5.92 Å². The molecule has 2 rings (SSSR count). The van der Waals surface area contributed by atoms with Crippen LogP contribution >= 0.6 is 0 Å². The lowest BCUT2D eigenvalue weighted by atomic mass is 9.69. The van der Waals surface area contributed by atoms with Crippen molar-refractivity contribution in [1.29, 1.82) is 0 Å². The molecule has 0 radical (unpaired) electrons. The minimum absolute atomic E-state index is 0.0690. The van der Waals surface area contributed by atoms with Gasteiger partial charge in [0.25, 0.3) is 0 Å². The summed E-state index contributed by atoms with van der Waals surface area (Å²) in [5.74, 6) is 0.363. The van der Waals surface area contributed by atoms with Crippen molar-refractivity contribution in [2.45, 2.75) is 96.0 Å². The highest BCUT2D eigenvalue weighted by Gasteiger charge is 2.54. The first kappa shape index (κ1) is 16.3. The Balaban J connectivity index is 2.21. The van der Waals surface area contributed by atoms with Crippen molar-refractivity contribution in [1.82, 2.24) is 0 Å². The molecule has 0 aromatic rings. The largest absolute Gasteiger partial charge is 0.374 e. The zero-order valence-corrected chi connectivity index (χ0v) is 14.0. The second-order valence-corrected chi connectivity index (χ2v) is 7.86. The Bertz CT molecular complexity index is 326. The maximum Gasteiger partial charge on any atom is 0.0836 e. The first-order chi connectivity index (χ1) is 9.22. The number of nitrogens with two attached hydrogens (primary N) is 1. The SMILES string of the molecule is CCOC1(C(N)C2CC(C)(C)OC2(C)C)CCCCC1. The van der Waals surface area contributed by atoms with Gasteiger partial charge >= 0.3 is 0 Å². The first-order valence-electron chi connectivity index (χ1n) is 8.32. The summed E-state index contributed by atoms with van der Waals surface area (Å²) in [5.41, 5.74) is 6.40. The van der Waals surface area contributed by atoms with Gasteiger partial charge in [-0.25, -0.2) is 0 Å². The van der Waals surface area contributed by atoms with Gasteiger partial charge in [-0.05, 0) is 53.9 Å². The molecule has 3 heteroatoms.